The van der Waals surface area contributed by atoms with Gasteiger partial charge in [-0.2, -0.15) is 4.31 Å². The molecule has 1 unspecified atom stereocenters. The molecule has 0 bridgehead atoms. The minimum absolute atomic E-state index is 0.0350. The Hall–Kier alpha value is -2.43. The van der Waals surface area contributed by atoms with Gasteiger partial charge in [0.25, 0.3) is 5.91 Å². The van der Waals surface area contributed by atoms with E-state index in [9.17, 15) is 18.0 Å². The van der Waals surface area contributed by atoms with E-state index in [0.717, 1.165) is 19.3 Å². The highest BCUT2D eigenvalue weighted by atomic mass is 32.2. The van der Waals surface area contributed by atoms with E-state index in [-0.39, 0.29) is 22.5 Å². The number of nitrogens with one attached hydrogen (secondary N) is 2. The second kappa shape index (κ2) is 11.1. The molecule has 0 radical (unpaired) electrons. The number of amides is 2. The van der Waals surface area contributed by atoms with Crippen LogP contribution in [0.1, 0.15) is 49.7 Å². The fourth-order valence-corrected chi connectivity index (χ4v) is 5.98. The number of piperidine rings is 1. The third-order valence-corrected chi connectivity index (χ3v) is 8.21. The Morgan fingerprint density at radius 1 is 1.15 bits per heavy atom. The van der Waals surface area contributed by atoms with Gasteiger partial charge in [0.15, 0.2) is 0 Å². The van der Waals surface area contributed by atoms with E-state index < -0.39 is 22.0 Å². The summed E-state index contributed by atoms with van der Waals surface area (Å²) < 4.78 is 33.7. The molecule has 1 saturated heterocycles. The number of carbonyl (C=O) groups excluding carboxylic acids is 2. The van der Waals surface area contributed by atoms with Crippen molar-refractivity contribution < 1.29 is 22.7 Å². The number of thiophene rings is 1. The Morgan fingerprint density at radius 3 is 2.48 bits per heavy atom. The molecule has 1 aliphatic heterocycles. The van der Waals surface area contributed by atoms with Crippen LogP contribution >= 0.6 is 11.3 Å². The molecular weight excluding hydrogens is 462 g/mol. The third kappa shape index (κ3) is 6.13. The number of carbonyl (C=O) groups is 2. The van der Waals surface area contributed by atoms with Crippen molar-refractivity contribution in [2.24, 2.45) is 5.92 Å². The van der Waals surface area contributed by atoms with Crippen molar-refractivity contribution in [1.29, 1.82) is 0 Å². The van der Waals surface area contributed by atoms with Gasteiger partial charge in [0, 0.05) is 18.8 Å². The number of anilines is 1. The van der Waals surface area contributed by atoms with E-state index in [2.05, 4.69) is 10.6 Å². The summed E-state index contributed by atoms with van der Waals surface area (Å²) in [5.74, 6) is -0.653. The maximum Gasteiger partial charge on any atom is 0.262 e. The molecule has 2 amide bonds. The highest BCUT2D eigenvalue weighted by Gasteiger charge is 2.30. The van der Waals surface area contributed by atoms with Gasteiger partial charge in [0.2, 0.25) is 15.9 Å². The first-order chi connectivity index (χ1) is 15.7. The molecule has 180 valence electrons. The van der Waals surface area contributed by atoms with Crippen LogP contribution in [0.3, 0.4) is 0 Å². The van der Waals surface area contributed by atoms with Gasteiger partial charge < -0.3 is 15.4 Å². The zero-order valence-corrected chi connectivity index (χ0v) is 20.8. The van der Waals surface area contributed by atoms with E-state index in [1.807, 2.05) is 13.8 Å². The Kier molecular flexibility index (Phi) is 8.50. The SMILES string of the molecule is CCOc1ccc(NC(=O)C(NC(=O)c2cccs2)C(C)C)cc1S(=O)(=O)N1CCCCC1. The van der Waals surface area contributed by atoms with Crippen molar-refractivity contribution in [3.05, 3.63) is 40.6 Å². The molecule has 0 saturated carbocycles. The standard InChI is InChI=1S/C23H31N3O5S2/c1-4-31-18-11-10-17(15-20(18)33(29,30)26-12-6-5-7-13-26)24-23(28)21(16(2)3)25-22(27)19-9-8-14-32-19/h8-11,14-16,21H,4-7,12-13H2,1-3H3,(H,24,28)(H,25,27). The molecule has 2 N–H and O–H groups in total. The summed E-state index contributed by atoms with van der Waals surface area (Å²) in [7, 11) is -3.77. The van der Waals surface area contributed by atoms with Gasteiger partial charge in [-0.25, -0.2) is 8.42 Å². The second-order valence-corrected chi connectivity index (χ2v) is 11.1. The van der Waals surface area contributed by atoms with E-state index >= 15 is 0 Å². The van der Waals surface area contributed by atoms with Crippen LogP contribution in [-0.4, -0.2) is 50.3 Å². The third-order valence-electron chi connectivity index (χ3n) is 5.42. The molecule has 1 aliphatic rings. The Morgan fingerprint density at radius 2 is 1.88 bits per heavy atom. The number of benzene rings is 1. The maximum absolute atomic E-state index is 13.3. The van der Waals surface area contributed by atoms with Gasteiger partial charge in [-0.15, -0.1) is 11.3 Å². The Labute approximate surface area is 199 Å². The van der Waals surface area contributed by atoms with E-state index in [4.69, 9.17) is 4.74 Å². The topological polar surface area (TPSA) is 105 Å². The monoisotopic (exact) mass is 493 g/mol. The van der Waals surface area contributed by atoms with Gasteiger partial charge in [0.05, 0.1) is 11.5 Å². The van der Waals surface area contributed by atoms with E-state index in [1.165, 1.54) is 21.7 Å². The van der Waals surface area contributed by atoms with Crippen LogP contribution < -0.4 is 15.4 Å². The van der Waals surface area contributed by atoms with Crippen molar-refractivity contribution in [3.63, 3.8) is 0 Å². The Bertz CT molecular complexity index is 1060. The first-order valence-electron chi connectivity index (χ1n) is 11.2. The molecular formula is C23H31N3O5S2. The molecule has 1 atom stereocenters. The molecule has 33 heavy (non-hydrogen) atoms. The molecule has 8 nitrogen and oxygen atoms in total. The molecule has 0 spiro atoms. The van der Waals surface area contributed by atoms with Crippen LogP contribution in [0.5, 0.6) is 5.75 Å². The largest absolute Gasteiger partial charge is 0.492 e. The zero-order valence-electron chi connectivity index (χ0n) is 19.2. The molecule has 1 aromatic carbocycles. The fraction of sp³-hybridized carbons (Fsp3) is 0.478. The Balaban J connectivity index is 1.84. The quantitative estimate of drug-likeness (QED) is 0.554. The minimum Gasteiger partial charge on any atom is -0.492 e. The van der Waals surface area contributed by atoms with Crippen molar-refractivity contribution in [3.8, 4) is 5.75 Å². The van der Waals surface area contributed by atoms with Crippen molar-refractivity contribution >= 4 is 38.9 Å². The van der Waals surface area contributed by atoms with Crippen molar-refractivity contribution in [2.45, 2.75) is 51.0 Å². The molecule has 10 heteroatoms. The van der Waals surface area contributed by atoms with E-state index in [1.54, 1.807) is 36.6 Å². The number of nitrogens with zero attached hydrogens (tertiary/aromatic N) is 1. The first kappa shape index (κ1) is 25.2. The molecule has 2 heterocycles. The highest BCUT2D eigenvalue weighted by molar-refractivity contribution is 7.89. The summed E-state index contributed by atoms with van der Waals surface area (Å²) in [4.78, 5) is 26.0. The van der Waals surface area contributed by atoms with Crippen LogP contribution in [0.15, 0.2) is 40.6 Å². The number of ether oxygens (including phenoxy) is 1. The summed E-state index contributed by atoms with van der Waals surface area (Å²) >= 11 is 1.30. The molecule has 0 aliphatic carbocycles. The lowest BCUT2D eigenvalue weighted by Crippen LogP contribution is -2.47. The summed E-state index contributed by atoms with van der Waals surface area (Å²) in [6.07, 6.45) is 2.65. The van der Waals surface area contributed by atoms with Crippen molar-refractivity contribution in [2.75, 3.05) is 25.0 Å². The predicted octanol–water partition coefficient (Wildman–Crippen LogP) is 3.71. The average molecular weight is 494 g/mol. The van der Waals surface area contributed by atoms with Gasteiger partial charge in [-0.05, 0) is 55.3 Å². The van der Waals surface area contributed by atoms with E-state index in [0.29, 0.717) is 30.3 Å². The summed E-state index contributed by atoms with van der Waals surface area (Å²) in [5, 5.41) is 7.34. The van der Waals surface area contributed by atoms with Crippen LogP contribution in [0.2, 0.25) is 0 Å². The van der Waals surface area contributed by atoms with Gasteiger partial charge in [-0.3, -0.25) is 9.59 Å². The lowest BCUT2D eigenvalue weighted by atomic mass is 10.0. The average Bonchev–Trinajstić information content (AvgIpc) is 3.34. The van der Waals surface area contributed by atoms with Crippen LogP contribution in [0, 0.1) is 5.92 Å². The van der Waals surface area contributed by atoms with Gasteiger partial charge in [-0.1, -0.05) is 26.3 Å². The number of sulfonamides is 1. The molecule has 3 rings (SSSR count). The van der Waals surface area contributed by atoms with Gasteiger partial charge >= 0.3 is 0 Å². The normalized spacial score (nSPS) is 15.8. The van der Waals surface area contributed by atoms with Crippen LogP contribution in [0.25, 0.3) is 0 Å². The second-order valence-electron chi connectivity index (χ2n) is 8.22. The number of rotatable bonds is 9. The maximum atomic E-state index is 13.3. The highest BCUT2D eigenvalue weighted by Crippen LogP contribution is 2.31. The summed E-state index contributed by atoms with van der Waals surface area (Å²) in [6.45, 7) is 6.71. The summed E-state index contributed by atoms with van der Waals surface area (Å²) in [5.41, 5.74) is 0.329. The molecule has 1 fully saturated rings. The number of hydrogen-bond donors (Lipinski definition) is 2. The molecule has 2 aromatic rings. The number of hydrogen-bond acceptors (Lipinski definition) is 6. The van der Waals surface area contributed by atoms with Crippen LogP contribution in [-0.2, 0) is 14.8 Å². The lowest BCUT2D eigenvalue weighted by molar-refractivity contribution is -0.118. The molecule has 1 aromatic heterocycles. The predicted molar refractivity (Wildman–Crippen MR) is 129 cm³/mol. The van der Waals surface area contributed by atoms with Gasteiger partial charge in [0.1, 0.15) is 16.7 Å². The lowest BCUT2D eigenvalue weighted by Gasteiger charge is -2.27. The zero-order chi connectivity index (χ0) is 24.0. The van der Waals surface area contributed by atoms with Crippen LogP contribution in [0.4, 0.5) is 5.69 Å². The first-order valence-corrected chi connectivity index (χ1v) is 13.5. The fourth-order valence-electron chi connectivity index (χ4n) is 3.68. The summed E-state index contributed by atoms with van der Waals surface area (Å²) in [6, 6.07) is 7.29. The minimum atomic E-state index is -3.77. The smallest absolute Gasteiger partial charge is 0.262 e. The van der Waals surface area contributed by atoms with Crippen molar-refractivity contribution in [1.82, 2.24) is 9.62 Å².